The number of carbonyl (C=O) groups is 1. The van der Waals surface area contributed by atoms with E-state index in [1.165, 1.54) is 5.56 Å². The fourth-order valence-corrected chi connectivity index (χ4v) is 3.46. The van der Waals surface area contributed by atoms with Crippen molar-refractivity contribution in [1.29, 1.82) is 0 Å². The molecule has 0 spiro atoms. The number of nitrogens with one attached hydrogen (secondary N) is 2. The molecule has 2 aromatic rings. The number of piperidine rings is 1. The number of urea groups is 1. The minimum atomic E-state index is -0.0789. The van der Waals surface area contributed by atoms with Crippen LogP contribution in [0.25, 0.3) is 0 Å². The quantitative estimate of drug-likeness (QED) is 0.852. The number of hydrogen-bond acceptors (Lipinski definition) is 3. The van der Waals surface area contributed by atoms with Crippen molar-refractivity contribution < 1.29 is 4.79 Å². The van der Waals surface area contributed by atoms with Gasteiger partial charge in [-0.25, -0.2) is 4.79 Å². The summed E-state index contributed by atoms with van der Waals surface area (Å²) in [5, 5.41) is 10.3. The molecular weight excluding hydrogens is 338 g/mol. The monoisotopic (exact) mass is 369 g/mol. The van der Waals surface area contributed by atoms with Gasteiger partial charge in [-0.2, -0.15) is 5.10 Å². The average molecular weight is 370 g/mol. The van der Waals surface area contributed by atoms with Crippen LogP contribution in [-0.4, -0.2) is 45.4 Å². The number of likely N-dealkylation sites (tertiary alicyclic amines) is 1. The fraction of sp³-hybridized carbons (Fsp3) is 0.524. The van der Waals surface area contributed by atoms with Crippen molar-refractivity contribution in [3.63, 3.8) is 0 Å². The van der Waals surface area contributed by atoms with Crippen LogP contribution in [0, 0.1) is 0 Å². The molecule has 0 aliphatic carbocycles. The van der Waals surface area contributed by atoms with Gasteiger partial charge in [0.25, 0.3) is 0 Å². The lowest BCUT2D eigenvalue weighted by Gasteiger charge is -2.41. The SMILES string of the molecule is CC(C)(C)N1CCC(NC(=O)NCc2ccc(Cn3cccn3)cc2)CC1. The molecule has 0 saturated carbocycles. The Morgan fingerprint density at radius 2 is 1.81 bits per heavy atom. The first-order valence-corrected chi connectivity index (χ1v) is 9.75. The van der Waals surface area contributed by atoms with Crippen LogP contribution < -0.4 is 10.6 Å². The van der Waals surface area contributed by atoms with Gasteiger partial charge in [0.2, 0.25) is 0 Å². The van der Waals surface area contributed by atoms with Gasteiger partial charge in [0, 0.05) is 43.6 Å². The Bertz CT molecular complexity index is 710. The molecule has 0 atom stereocenters. The number of benzene rings is 1. The molecule has 2 heterocycles. The zero-order valence-corrected chi connectivity index (χ0v) is 16.6. The summed E-state index contributed by atoms with van der Waals surface area (Å²) in [5.41, 5.74) is 2.49. The summed E-state index contributed by atoms with van der Waals surface area (Å²) in [5.74, 6) is 0. The third kappa shape index (κ3) is 5.82. The van der Waals surface area contributed by atoms with Gasteiger partial charge in [-0.1, -0.05) is 24.3 Å². The number of nitrogens with zero attached hydrogens (tertiary/aromatic N) is 3. The van der Waals surface area contributed by atoms with Crippen LogP contribution in [0.15, 0.2) is 42.7 Å². The first kappa shape index (κ1) is 19.4. The Labute approximate surface area is 161 Å². The predicted molar refractivity (Wildman–Crippen MR) is 107 cm³/mol. The minimum Gasteiger partial charge on any atom is -0.335 e. The van der Waals surface area contributed by atoms with Gasteiger partial charge in [0.15, 0.2) is 0 Å². The maximum Gasteiger partial charge on any atom is 0.315 e. The Hall–Kier alpha value is -2.34. The number of carbonyl (C=O) groups excluding carboxylic acids is 1. The van der Waals surface area contributed by atoms with Gasteiger partial charge in [-0.3, -0.25) is 9.58 Å². The molecule has 0 unspecified atom stereocenters. The van der Waals surface area contributed by atoms with E-state index >= 15 is 0 Å². The molecule has 146 valence electrons. The second-order valence-corrected chi connectivity index (χ2v) is 8.28. The van der Waals surface area contributed by atoms with Gasteiger partial charge in [-0.05, 0) is 50.8 Å². The second kappa shape index (κ2) is 8.57. The lowest BCUT2D eigenvalue weighted by atomic mass is 9.98. The standard InChI is InChI=1S/C21H31N5O/c1-21(2,3)25-13-9-19(10-14-25)24-20(27)22-15-17-5-7-18(8-6-17)16-26-12-4-11-23-26/h4-8,11-12,19H,9-10,13-16H2,1-3H3,(H2,22,24,27). The van der Waals surface area contributed by atoms with E-state index in [1.807, 2.05) is 16.9 Å². The van der Waals surface area contributed by atoms with Gasteiger partial charge in [0.05, 0.1) is 6.54 Å². The molecular formula is C21H31N5O. The summed E-state index contributed by atoms with van der Waals surface area (Å²) in [7, 11) is 0. The molecule has 1 aliphatic rings. The molecule has 0 radical (unpaired) electrons. The highest BCUT2D eigenvalue weighted by atomic mass is 16.2. The van der Waals surface area contributed by atoms with Crippen molar-refractivity contribution in [3.05, 3.63) is 53.9 Å². The number of amides is 2. The summed E-state index contributed by atoms with van der Waals surface area (Å²) in [6.07, 6.45) is 5.75. The van der Waals surface area contributed by atoms with Crippen molar-refractivity contribution in [2.24, 2.45) is 0 Å². The van der Waals surface area contributed by atoms with Crippen LogP contribution in [0.2, 0.25) is 0 Å². The van der Waals surface area contributed by atoms with Gasteiger partial charge in [-0.15, -0.1) is 0 Å². The number of hydrogen-bond donors (Lipinski definition) is 2. The molecule has 3 rings (SSSR count). The number of aromatic nitrogens is 2. The van der Waals surface area contributed by atoms with E-state index in [-0.39, 0.29) is 17.6 Å². The zero-order chi connectivity index (χ0) is 19.3. The fourth-order valence-electron chi connectivity index (χ4n) is 3.46. The second-order valence-electron chi connectivity index (χ2n) is 8.28. The lowest BCUT2D eigenvalue weighted by molar-refractivity contribution is 0.0978. The summed E-state index contributed by atoms with van der Waals surface area (Å²) in [6.45, 7) is 10.1. The van der Waals surface area contributed by atoms with Crippen LogP contribution in [0.5, 0.6) is 0 Å². The summed E-state index contributed by atoms with van der Waals surface area (Å²) < 4.78 is 1.89. The molecule has 1 aromatic heterocycles. The third-order valence-corrected chi connectivity index (χ3v) is 5.16. The van der Waals surface area contributed by atoms with E-state index in [0.29, 0.717) is 6.54 Å². The first-order chi connectivity index (χ1) is 12.9. The highest BCUT2D eigenvalue weighted by molar-refractivity contribution is 5.74. The highest BCUT2D eigenvalue weighted by Gasteiger charge is 2.27. The largest absolute Gasteiger partial charge is 0.335 e. The average Bonchev–Trinajstić information content (AvgIpc) is 3.14. The van der Waals surface area contributed by atoms with Crippen molar-refractivity contribution in [1.82, 2.24) is 25.3 Å². The molecule has 0 bridgehead atoms. The first-order valence-electron chi connectivity index (χ1n) is 9.75. The van der Waals surface area contributed by atoms with Crippen molar-refractivity contribution in [2.45, 2.75) is 58.3 Å². The van der Waals surface area contributed by atoms with Crippen LogP contribution >= 0.6 is 0 Å². The van der Waals surface area contributed by atoms with Gasteiger partial charge >= 0.3 is 6.03 Å². The normalized spacial score (nSPS) is 16.3. The summed E-state index contributed by atoms with van der Waals surface area (Å²) in [6, 6.07) is 10.4. The van der Waals surface area contributed by atoms with E-state index in [9.17, 15) is 4.79 Å². The Balaban J connectivity index is 1.39. The Kier molecular flexibility index (Phi) is 6.16. The van der Waals surface area contributed by atoms with Crippen LogP contribution in [0.4, 0.5) is 4.79 Å². The summed E-state index contributed by atoms with van der Waals surface area (Å²) >= 11 is 0. The highest BCUT2D eigenvalue weighted by Crippen LogP contribution is 2.20. The van der Waals surface area contributed by atoms with E-state index in [1.54, 1.807) is 6.20 Å². The van der Waals surface area contributed by atoms with Crippen LogP contribution in [0.3, 0.4) is 0 Å². The molecule has 6 nitrogen and oxygen atoms in total. The van der Waals surface area contributed by atoms with Gasteiger partial charge in [0.1, 0.15) is 0 Å². The van der Waals surface area contributed by atoms with E-state index in [4.69, 9.17) is 0 Å². The molecule has 2 amide bonds. The van der Waals surface area contributed by atoms with E-state index in [2.05, 4.69) is 65.7 Å². The molecule has 1 aliphatic heterocycles. The zero-order valence-electron chi connectivity index (χ0n) is 16.6. The predicted octanol–water partition coefficient (Wildman–Crippen LogP) is 2.99. The van der Waals surface area contributed by atoms with Crippen LogP contribution in [-0.2, 0) is 13.1 Å². The van der Waals surface area contributed by atoms with Crippen molar-refractivity contribution in [2.75, 3.05) is 13.1 Å². The topological polar surface area (TPSA) is 62.2 Å². The molecule has 27 heavy (non-hydrogen) atoms. The van der Waals surface area contributed by atoms with Crippen molar-refractivity contribution in [3.8, 4) is 0 Å². The lowest BCUT2D eigenvalue weighted by Crippen LogP contribution is -2.52. The molecule has 2 N–H and O–H groups in total. The molecule has 1 fully saturated rings. The molecule has 1 aromatic carbocycles. The summed E-state index contributed by atoms with van der Waals surface area (Å²) in [4.78, 5) is 14.7. The minimum absolute atomic E-state index is 0.0789. The number of rotatable bonds is 5. The van der Waals surface area contributed by atoms with E-state index in [0.717, 1.165) is 38.0 Å². The molecule has 1 saturated heterocycles. The Morgan fingerprint density at radius 1 is 1.15 bits per heavy atom. The Morgan fingerprint density at radius 3 is 2.41 bits per heavy atom. The van der Waals surface area contributed by atoms with Crippen LogP contribution in [0.1, 0.15) is 44.7 Å². The molecule has 6 heteroatoms. The maximum atomic E-state index is 12.2. The van der Waals surface area contributed by atoms with E-state index < -0.39 is 0 Å². The third-order valence-electron chi connectivity index (χ3n) is 5.16. The maximum absolute atomic E-state index is 12.2. The van der Waals surface area contributed by atoms with Crippen molar-refractivity contribution >= 4 is 6.03 Å². The smallest absolute Gasteiger partial charge is 0.315 e. The van der Waals surface area contributed by atoms with Gasteiger partial charge < -0.3 is 10.6 Å².